The maximum Gasteiger partial charge on any atom is 0.410 e. The van der Waals surface area contributed by atoms with E-state index in [1.807, 2.05) is 20.8 Å². The number of aryl methyl sites for hydroxylation is 1. The van der Waals surface area contributed by atoms with Crippen LogP contribution in [0.5, 0.6) is 0 Å². The lowest BCUT2D eigenvalue weighted by Gasteiger charge is -2.41. The predicted molar refractivity (Wildman–Crippen MR) is 95.0 cm³/mol. The molecule has 1 amide bonds. The van der Waals surface area contributed by atoms with Crippen molar-refractivity contribution in [2.45, 2.75) is 45.8 Å². The summed E-state index contributed by atoms with van der Waals surface area (Å²) >= 11 is 0. The second-order valence-corrected chi connectivity index (χ2v) is 7.30. The fourth-order valence-corrected chi connectivity index (χ4v) is 3.00. The van der Waals surface area contributed by atoms with E-state index in [9.17, 15) is 9.90 Å². The molecule has 0 spiro atoms. The van der Waals surface area contributed by atoms with Gasteiger partial charge in [-0.2, -0.15) is 0 Å². The Hall–Kier alpha value is -1.59. The second-order valence-electron chi connectivity index (χ2n) is 7.30. The lowest BCUT2D eigenvalue weighted by molar-refractivity contribution is 0.00121. The highest BCUT2D eigenvalue weighted by atomic mass is 16.6. The number of hydrogen-bond donors (Lipinski definition) is 1. The zero-order chi connectivity index (χ0) is 17.7. The second kappa shape index (κ2) is 7.99. The molecule has 1 fully saturated rings. The summed E-state index contributed by atoms with van der Waals surface area (Å²) in [5, 5.41) is 9.35. The number of aliphatic hydroxyl groups is 1. The number of hydrogen-bond acceptors (Lipinski definition) is 4. The van der Waals surface area contributed by atoms with Gasteiger partial charge in [-0.15, -0.1) is 0 Å². The molecule has 1 aliphatic heterocycles. The highest BCUT2D eigenvalue weighted by Gasteiger charge is 2.32. The molecule has 1 saturated heterocycles. The van der Waals surface area contributed by atoms with Gasteiger partial charge in [-0.25, -0.2) is 4.79 Å². The van der Waals surface area contributed by atoms with Gasteiger partial charge in [0, 0.05) is 26.2 Å². The van der Waals surface area contributed by atoms with E-state index in [1.54, 1.807) is 4.90 Å². The number of amides is 1. The van der Waals surface area contributed by atoms with Crippen molar-refractivity contribution in [2.75, 3.05) is 32.8 Å². The summed E-state index contributed by atoms with van der Waals surface area (Å²) in [4.78, 5) is 16.4. The zero-order valence-corrected chi connectivity index (χ0v) is 15.3. The van der Waals surface area contributed by atoms with Crippen LogP contribution in [0.2, 0.25) is 0 Å². The number of ether oxygens (including phenoxy) is 1. The molecular formula is C19H30N2O3. The number of rotatable bonds is 4. The first-order valence-electron chi connectivity index (χ1n) is 8.75. The Kier molecular flexibility index (Phi) is 6.24. The molecule has 1 N–H and O–H groups in total. The number of nitrogens with zero attached hydrogens (tertiary/aromatic N) is 2. The first-order chi connectivity index (χ1) is 11.3. The van der Waals surface area contributed by atoms with Gasteiger partial charge in [0.2, 0.25) is 0 Å². The van der Waals surface area contributed by atoms with Crippen LogP contribution in [0, 0.1) is 0 Å². The molecule has 24 heavy (non-hydrogen) atoms. The SMILES string of the molecule is CCc1ccc([C@@H]2CN(C(=O)OC(C)(C)C)CCN2CCO)cc1. The molecule has 1 aliphatic rings. The van der Waals surface area contributed by atoms with Crippen LogP contribution >= 0.6 is 0 Å². The maximum atomic E-state index is 12.4. The quantitative estimate of drug-likeness (QED) is 0.920. The molecule has 1 aromatic rings. The number of carbonyl (C=O) groups is 1. The van der Waals surface area contributed by atoms with Gasteiger partial charge in [-0.05, 0) is 38.3 Å². The average Bonchev–Trinajstić information content (AvgIpc) is 2.54. The summed E-state index contributed by atoms with van der Waals surface area (Å²) in [6.45, 7) is 10.5. The normalized spacial score (nSPS) is 19.4. The minimum Gasteiger partial charge on any atom is -0.444 e. The van der Waals surface area contributed by atoms with Gasteiger partial charge in [0.05, 0.1) is 12.6 Å². The van der Waals surface area contributed by atoms with E-state index in [1.165, 1.54) is 11.1 Å². The molecule has 1 atom stereocenters. The standard InChI is InChI=1S/C19H30N2O3/c1-5-15-6-8-16(9-7-15)17-14-21(11-10-20(17)12-13-22)18(23)24-19(2,3)4/h6-9,17,22H,5,10-14H2,1-4H3/t17-/m0/s1. The molecule has 0 aliphatic carbocycles. The van der Waals surface area contributed by atoms with Crippen molar-refractivity contribution in [3.63, 3.8) is 0 Å². The smallest absolute Gasteiger partial charge is 0.410 e. The van der Waals surface area contributed by atoms with Crippen molar-refractivity contribution < 1.29 is 14.6 Å². The van der Waals surface area contributed by atoms with Crippen LogP contribution < -0.4 is 0 Å². The number of carbonyl (C=O) groups excluding carboxylic acids is 1. The van der Waals surface area contributed by atoms with Crippen molar-refractivity contribution in [1.82, 2.24) is 9.80 Å². The Labute approximate surface area is 145 Å². The first kappa shape index (κ1) is 18.7. The predicted octanol–water partition coefficient (Wildman–Crippen LogP) is 2.84. The minimum absolute atomic E-state index is 0.0873. The van der Waals surface area contributed by atoms with Crippen molar-refractivity contribution in [2.24, 2.45) is 0 Å². The summed E-state index contributed by atoms with van der Waals surface area (Å²) in [5.41, 5.74) is 1.98. The molecule has 0 aromatic heterocycles. The van der Waals surface area contributed by atoms with E-state index in [-0.39, 0.29) is 18.7 Å². The Morgan fingerprint density at radius 1 is 1.25 bits per heavy atom. The fourth-order valence-electron chi connectivity index (χ4n) is 3.00. The topological polar surface area (TPSA) is 53.0 Å². The largest absolute Gasteiger partial charge is 0.444 e. The number of benzene rings is 1. The number of aliphatic hydroxyl groups excluding tert-OH is 1. The van der Waals surface area contributed by atoms with Crippen LogP contribution in [0.1, 0.15) is 44.9 Å². The molecule has 5 heteroatoms. The van der Waals surface area contributed by atoms with Gasteiger partial charge in [-0.3, -0.25) is 4.90 Å². The van der Waals surface area contributed by atoms with Crippen LogP contribution in [-0.2, 0) is 11.2 Å². The number of piperazine rings is 1. The molecule has 2 rings (SSSR count). The first-order valence-corrected chi connectivity index (χ1v) is 8.75. The third kappa shape index (κ3) is 4.95. The van der Waals surface area contributed by atoms with E-state index >= 15 is 0 Å². The van der Waals surface area contributed by atoms with Crippen LogP contribution in [0.15, 0.2) is 24.3 Å². The van der Waals surface area contributed by atoms with Gasteiger partial charge < -0.3 is 14.7 Å². The molecule has 1 heterocycles. The fraction of sp³-hybridized carbons (Fsp3) is 0.632. The van der Waals surface area contributed by atoms with Gasteiger partial charge in [-0.1, -0.05) is 31.2 Å². The average molecular weight is 334 g/mol. The highest BCUT2D eigenvalue weighted by molar-refractivity contribution is 5.68. The molecule has 0 unspecified atom stereocenters. The van der Waals surface area contributed by atoms with Crippen molar-refractivity contribution in [3.05, 3.63) is 35.4 Å². The zero-order valence-electron chi connectivity index (χ0n) is 15.3. The minimum atomic E-state index is -0.489. The summed E-state index contributed by atoms with van der Waals surface area (Å²) in [5.74, 6) is 0. The van der Waals surface area contributed by atoms with Crippen LogP contribution in [0.25, 0.3) is 0 Å². The Balaban J connectivity index is 2.14. The molecule has 0 bridgehead atoms. The van der Waals surface area contributed by atoms with E-state index in [0.717, 1.165) is 13.0 Å². The Morgan fingerprint density at radius 3 is 2.46 bits per heavy atom. The Morgan fingerprint density at radius 2 is 1.92 bits per heavy atom. The Bertz CT molecular complexity index is 537. The van der Waals surface area contributed by atoms with Crippen LogP contribution in [0.4, 0.5) is 4.79 Å². The maximum absolute atomic E-state index is 12.4. The van der Waals surface area contributed by atoms with Gasteiger partial charge in [0.25, 0.3) is 0 Å². The molecule has 1 aromatic carbocycles. The van der Waals surface area contributed by atoms with Crippen molar-refractivity contribution >= 4 is 6.09 Å². The lowest BCUT2D eigenvalue weighted by Crippen LogP contribution is -2.52. The molecule has 5 nitrogen and oxygen atoms in total. The highest BCUT2D eigenvalue weighted by Crippen LogP contribution is 2.26. The lowest BCUT2D eigenvalue weighted by atomic mass is 10.0. The third-order valence-electron chi connectivity index (χ3n) is 4.30. The van der Waals surface area contributed by atoms with E-state index in [2.05, 4.69) is 36.1 Å². The summed E-state index contributed by atoms with van der Waals surface area (Å²) < 4.78 is 5.51. The molecular weight excluding hydrogens is 304 g/mol. The van der Waals surface area contributed by atoms with E-state index in [4.69, 9.17) is 4.74 Å². The van der Waals surface area contributed by atoms with Gasteiger partial charge in [0.1, 0.15) is 5.60 Å². The molecule has 0 radical (unpaired) electrons. The molecule has 134 valence electrons. The summed E-state index contributed by atoms with van der Waals surface area (Å²) in [7, 11) is 0. The van der Waals surface area contributed by atoms with Gasteiger partial charge >= 0.3 is 6.09 Å². The third-order valence-corrected chi connectivity index (χ3v) is 4.30. The number of β-amino-alcohol motifs (C(OH)–C–C–N with tert-alkyl or cyclic N) is 1. The summed E-state index contributed by atoms with van der Waals surface area (Å²) in [6.07, 6.45) is 0.747. The van der Waals surface area contributed by atoms with E-state index in [0.29, 0.717) is 19.6 Å². The van der Waals surface area contributed by atoms with Crippen LogP contribution in [0.3, 0.4) is 0 Å². The van der Waals surface area contributed by atoms with Crippen molar-refractivity contribution in [1.29, 1.82) is 0 Å². The summed E-state index contributed by atoms with van der Waals surface area (Å²) in [6, 6.07) is 8.63. The monoisotopic (exact) mass is 334 g/mol. The van der Waals surface area contributed by atoms with Crippen molar-refractivity contribution in [3.8, 4) is 0 Å². The van der Waals surface area contributed by atoms with E-state index < -0.39 is 5.60 Å². The van der Waals surface area contributed by atoms with Gasteiger partial charge in [0.15, 0.2) is 0 Å². The molecule has 0 saturated carbocycles. The van der Waals surface area contributed by atoms with Crippen LogP contribution in [-0.4, -0.2) is 59.4 Å².